The lowest BCUT2D eigenvalue weighted by Gasteiger charge is -2.37. The van der Waals surface area contributed by atoms with Gasteiger partial charge in [-0.15, -0.1) is 0 Å². The van der Waals surface area contributed by atoms with Gasteiger partial charge in [0.05, 0.1) is 17.7 Å². The summed E-state index contributed by atoms with van der Waals surface area (Å²) in [6, 6.07) is 17.3. The molecule has 8 heteroatoms. The number of halogens is 1. The van der Waals surface area contributed by atoms with E-state index in [2.05, 4.69) is 27.5 Å². The zero-order chi connectivity index (χ0) is 23.4. The summed E-state index contributed by atoms with van der Waals surface area (Å²) in [6.45, 7) is 7.52. The fraction of sp³-hybridized carbons (Fsp3) is 0.320. The van der Waals surface area contributed by atoms with Gasteiger partial charge in [-0.05, 0) is 69.2 Å². The van der Waals surface area contributed by atoms with Crippen molar-refractivity contribution in [1.29, 1.82) is 0 Å². The highest BCUT2D eigenvalue weighted by atomic mass is 35.5. The van der Waals surface area contributed by atoms with E-state index in [1.165, 1.54) is 0 Å². The first-order valence-corrected chi connectivity index (χ1v) is 11.8. The summed E-state index contributed by atoms with van der Waals surface area (Å²) < 4.78 is 11.5. The van der Waals surface area contributed by atoms with Crippen molar-refractivity contribution < 1.29 is 9.26 Å². The van der Waals surface area contributed by atoms with Crippen LogP contribution in [0.4, 0.5) is 0 Å². The lowest BCUT2D eigenvalue weighted by molar-refractivity contribution is 0.0749. The Balaban J connectivity index is 1.69. The highest BCUT2D eigenvalue weighted by molar-refractivity contribution is 7.80. The standard InChI is InChI=1S/C25H27ClN4O2S/c1-16(2)31-15-7-14-30-17(3)21(22(27-25(30)33)18-8-5-4-6-9-18)24-28-23(29-32-24)19-10-12-20(26)13-11-19/h4-6,8-13,16,22H,7,14-15H2,1-3H3,(H,27,33). The fourth-order valence-corrected chi connectivity index (χ4v) is 4.29. The molecular formula is C25H27ClN4O2S. The van der Waals surface area contributed by atoms with Crippen LogP contribution in [-0.4, -0.2) is 39.4 Å². The topological polar surface area (TPSA) is 63.4 Å². The fourth-order valence-electron chi connectivity index (χ4n) is 3.81. The van der Waals surface area contributed by atoms with Crippen molar-refractivity contribution in [2.75, 3.05) is 13.2 Å². The van der Waals surface area contributed by atoms with E-state index in [1.54, 1.807) is 0 Å². The smallest absolute Gasteiger partial charge is 0.258 e. The van der Waals surface area contributed by atoms with Gasteiger partial charge in [0.1, 0.15) is 0 Å². The Hall–Kier alpha value is -2.74. The summed E-state index contributed by atoms with van der Waals surface area (Å²) in [7, 11) is 0. The molecule has 0 amide bonds. The number of aromatic nitrogens is 2. The molecule has 0 spiro atoms. The van der Waals surface area contributed by atoms with Crippen molar-refractivity contribution in [2.24, 2.45) is 0 Å². The first kappa shape index (κ1) is 23.4. The lowest BCUT2D eigenvalue weighted by atomic mass is 9.95. The predicted octanol–water partition coefficient (Wildman–Crippen LogP) is 5.87. The molecule has 1 unspecified atom stereocenters. The number of thiocarbonyl (C=S) groups is 1. The highest BCUT2D eigenvalue weighted by Crippen LogP contribution is 2.37. The van der Waals surface area contributed by atoms with Gasteiger partial charge in [-0.25, -0.2) is 0 Å². The Bertz CT molecular complexity index is 1130. The number of hydrogen-bond donors (Lipinski definition) is 1. The molecule has 1 aromatic heterocycles. The third-order valence-corrected chi connectivity index (χ3v) is 6.06. The first-order valence-electron chi connectivity index (χ1n) is 11.0. The van der Waals surface area contributed by atoms with E-state index in [4.69, 9.17) is 38.1 Å². The third kappa shape index (κ3) is 5.43. The monoisotopic (exact) mass is 482 g/mol. The van der Waals surface area contributed by atoms with Crippen LogP contribution in [0.3, 0.4) is 0 Å². The molecule has 1 atom stereocenters. The van der Waals surface area contributed by atoms with Crippen LogP contribution in [0.1, 0.15) is 44.7 Å². The first-order chi connectivity index (χ1) is 15.9. The second kappa shape index (κ2) is 10.5. The molecule has 172 valence electrons. The number of hydrogen-bond acceptors (Lipinski definition) is 5. The molecule has 0 aliphatic carbocycles. The van der Waals surface area contributed by atoms with Gasteiger partial charge in [-0.2, -0.15) is 4.98 Å². The van der Waals surface area contributed by atoms with Crippen molar-refractivity contribution in [3.8, 4) is 11.4 Å². The third-order valence-electron chi connectivity index (χ3n) is 5.47. The molecule has 0 saturated carbocycles. The summed E-state index contributed by atoms with van der Waals surface area (Å²) in [5.41, 5.74) is 3.81. The SMILES string of the molecule is CC1=C(c2nc(-c3ccc(Cl)cc3)no2)C(c2ccccc2)NC(=S)N1CCCOC(C)C. The molecule has 1 aliphatic heterocycles. The van der Waals surface area contributed by atoms with Gasteiger partial charge >= 0.3 is 0 Å². The Morgan fingerprint density at radius 1 is 1.15 bits per heavy atom. The molecule has 0 bridgehead atoms. The second-order valence-electron chi connectivity index (χ2n) is 8.15. The van der Waals surface area contributed by atoms with Crippen LogP contribution in [-0.2, 0) is 4.74 Å². The molecule has 4 rings (SSSR count). The summed E-state index contributed by atoms with van der Waals surface area (Å²) in [5.74, 6) is 0.976. The van der Waals surface area contributed by atoms with E-state index in [0.29, 0.717) is 28.5 Å². The Morgan fingerprint density at radius 2 is 1.88 bits per heavy atom. The van der Waals surface area contributed by atoms with E-state index in [1.807, 2.05) is 63.2 Å². The Kier molecular flexibility index (Phi) is 7.42. The quantitative estimate of drug-likeness (QED) is 0.318. The maximum absolute atomic E-state index is 6.02. The molecule has 3 aromatic rings. The largest absolute Gasteiger partial charge is 0.379 e. The molecule has 6 nitrogen and oxygen atoms in total. The van der Waals surface area contributed by atoms with Crippen LogP contribution in [0, 0.1) is 0 Å². The molecule has 33 heavy (non-hydrogen) atoms. The number of allylic oxidation sites excluding steroid dienone is 1. The van der Waals surface area contributed by atoms with Crippen LogP contribution >= 0.6 is 23.8 Å². The number of rotatable bonds is 8. The van der Waals surface area contributed by atoms with E-state index in [9.17, 15) is 0 Å². The van der Waals surface area contributed by atoms with Gasteiger partial charge in [0.15, 0.2) is 5.11 Å². The minimum atomic E-state index is -0.194. The normalized spacial score (nSPS) is 16.5. The minimum absolute atomic E-state index is 0.194. The Morgan fingerprint density at radius 3 is 2.58 bits per heavy atom. The van der Waals surface area contributed by atoms with E-state index in [-0.39, 0.29) is 12.1 Å². The average Bonchev–Trinajstić information content (AvgIpc) is 3.28. The van der Waals surface area contributed by atoms with Gasteiger partial charge in [0.25, 0.3) is 5.89 Å². The van der Waals surface area contributed by atoms with E-state index < -0.39 is 0 Å². The van der Waals surface area contributed by atoms with Gasteiger partial charge in [0, 0.05) is 29.4 Å². The maximum Gasteiger partial charge on any atom is 0.258 e. The average molecular weight is 483 g/mol. The number of benzene rings is 2. The molecule has 0 radical (unpaired) electrons. The van der Waals surface area contributed by atoms with Crippen LogP contribution in [0.5, 0.6) is 0 Å². The summed E-state index contributed by atoms with van der Waals surface area (Å²) >= 11 is 11.8. The molecule has 1 N–H and O–H groups in total. The second-order valence-corrected chi connectivity index (χ2v) is 8.97. The van der Waals surface area contributed by atoms with Crippen LogP contribution in [0.15, 0.2) is 64.8 Å². The van der Waals surface area contributed by atoms with Crippen molar-refractivity contribution in [3.05, 3.63) is 76.8 Å². The summed E-state index contributed by atoms with van der Waals surface area (Å²) in [5, 5.41) is 9.04. The van der Waals surface area contributed by atoms with E-state index in [0.717, 1.165) is 35.4 Å². The molecule has 0 saturated heterocycles. The van der Waals surface area contributed by atoms with Crippen molar-refractivity contribution in [1.82, 2.24) is 20.4 Å². The number of nitrogens with zero attached hydrogens (tertiary/aromatic N) is 3. The zero-order valence-electron chi connectivity index (χ0n) is 18.9. The summed E-state index contributed by atoms with van der Waals surface area (Å²) in [4.78, 5) is 6.81. The van der Waals surface area contributed by atoms with Crippen molar-refractivity contribution >= 4 is 34.5 Å². The van der Waals surface area contributed by atoms with Crippen molar-refractivity contribution in [2.45, 2.75) is 39.3 Å². The van der Waals surface area contributed by atoms with Crippen LogP contribution in [0.25, 0.3) is 17.0 Å². The van der Waals surface area contributed by atoms with E-state index >= 15 is 0 Å². The number of ether oxygens (including phenoxy) is 1. The molecule has 2 heterocycles. The van der Waals surface area contributed by atoms with Gasteiger partial charge in [0.2, 0.25) is 5.82 Å². The lowest BCUT2D eigenvalue weighted by Crippen LogP contribution is -2.46. The molecule has 0 fully saturated rings. The Labute approximate surface area is 204 Å². The summed E-state index contributed by atoms with van der Waals surface area (Å²) in [6.07, 6.45) is 1.05. The molecule has 2 aromatic carbocycles. The number of nitrogens with one attached hydrogen (secondary N) is 1. The predicted molar refractivity (Wildman–Crippen MR) is 135 cm³/mol. The van der Waals surface area contributed by atoms with Crippen molar-refractivity contribution in [3.63, 3.8) is 0 Å². The van der Waals surface area contributed by atoms with Crippen LogP contribution in [0.2, 0.25) is 5.02 Å². The highest BCUT2D eigenvalue weighted by Gasteiger charge is 2.33. The zero-order valence-corrected chi connectivity index (χ0v) is 20.5. The molecular weight excluding hydrogens is 456 g/mol. The maximum atomic E-state index is 6.02. The minimum Gasteiger partial charge on any atom is -0.379 e. The van der Waals surface area contributed by atoms with Gasteiger partial charge in [-0.1, -0.05) is 47.1 Å². The van der Waals surface area contributed by atoms with Gasteiger partial charge < -0.3 is 19.5 Å². The van der Waals surface area contributed by atoms with Gasteiger partial charge in [-0.3, -0.25) is 0 Å². The molecule has 1 aliphatic rings. The van der Waals surface area contributed by atoms with Crippen LogP contribution < -0.4 is 5.32 Å².